The van der Waals surface area contributed by atoms with E-state index in [4.69, 9.17) is 9.47 Å². The lowest BCUT2D eigenvalue weighted by Gasteiger charge is -2.33. The van der Waals surface area contributed by atoms with E-state index in [9.17, 15) is 4.79 Å². The van der Waals surface area contributed by atoms with Gasteiger partial charge in [0.05, 0.1) is 25.4 Å². The molecule has 3 aromatic carbocycles. The maximum atomic E-state index is 11.6. The van der Waals surface area contributed by atoms with Crippen molar-refractivity contribution in [1.29, 1.82) is 0 Å². The van der Waals surface area contributed by atoms with Crippen molar-refractivity contribution in [2.45, 2.75) is 32.0 Å². The van der Waals surface area contributed by atoms with Gasteiger partial charge in [-0.3, -0.25) is 4.90 Å². The maximum absolute atomic E-state index is 11.6. The number of esters is 1. The van der Waals surface area contributed by atoms with Crippen molar-refractivity contribution in [2.75, 3.05) is 33.4 Å². The molecule has 0 spiro atoms. The van der Waals surface area contributed by atoms with Gasteiger partial charge in [0.1, 0.15) is 0 Å². The summed E-state index contributed by atoms with van der Waals surface area (Å²) in [6.07, 6.45) is 1.21. The van der Waals surface area contributed by atoms with E-state index in [1.807, 2.05) is 24.3 Å². The number of ether oxygens (including phenoxy) is 2. The summed E-state index contributed by atoms with van der Waals surface area (Å²) in [7, 11) is 1.40. The fourth-order valence-electron chi connectivity index (χ4n) is 4.42. The molecule has 0 bridgehead atoms. The average molecular weight is 433 g/mol. The molecule has 1 unspecified atom stereocenters. The van der Waals surface area contributed by atoms with Gasteiger partial charge in [0.25, 0.3) is 0 Å². The monoisotopic (exact) mass is 432 g/mol. The van der Waals surface area contributed by atoms with Crippen molar-refractivity contribution in [3.8, 4) is 0 Å². The molecule has 32 heavy (non-hydrogen) atoms. The molecular formula is C27H32N2O3. The van der Waals surface area contributed by atoms with Crippen LogP contribution in [0.1, 0.15) is 40.9 Å². The van der Waals surface area contributed by atoms with Crippen LogP contribution in [0, 0.1) is 0 Å². The largest absolute Gasteiger partial charge is 0.465 e. The summed E-state index contributed by atoms with van der Waals surface area (Å²) < 4.78 is 10.8. The van der Waals surface area contributed by atoms with Crippen molar-refractivity contribution in [2.24, 2.45) is 0 Å². The van der Waals surface area contributed by atoms with Gasteiger partial charge in [-0.15, -0.1) is 0 Å². The first-order valence-electron chi connectivity index (χ1n) is 11.4. The van der Waals surface area contributed by atoms with Crippen LogP contribution in [-0.4, -0.2) is 50.3 Å². The van der Waals surface area contributed by atoms with Gasteiger partial charge in [0, 0.05) is 25.7 Å². The zero-order chi connectivity index (χ0) is 22.3. The van der Waals surface area contributed by atoms with Crippen LogP contribution < -0.4 is 5.32 Å². The van der Waals surface area contributed by atoms with Crippen molar-refractivity contribution >= 4 is 16.7 Å². The minimum Gasteiger partial charge on any atom is -0.465 e. The van der Waals surface area contributed by atoms with Crippen LogP contribution in [0.3, 0.4) is 0 Å². The molecule has 5 nitrogen and oxygen atoms in total. The lowest BCUT2D eigenvalue weighted by molar-refractivity contribution is -0.0346. The molecule has 0 aromatic heterocycles. The number of carbonyl (C=O) groups is 1. The van der Waals surface area contributed by atoms with E-state index in [2.05, 4.69) is 59.6 Å². The van der Waals surface area contributed by atoms with Crippen LogP contribution in [0.4, 0.5) is 0 Å². The molecule has 5 heteroatoms. The number of carbonyl (C=O) groups excluding carboxylic acids is 1. The van der Waals surface area contributed by atoms with Crippen LogP contribution in [0.2, 0.25) is 0 Å². The summed E-state index contributed by atoms with van der Waals surface area (Å²) in [6.45, 7) is 6.60. The number of nitrogens with one attached hydrogen (secondary N) is 1. The Labute approximate surface area is 190 Å². The van der Waals surface area contributed by atoms with Crippen molar-refractivity contribution in [3.05, 3.63) is 83.4 Å². The van der Waals surface area contributed by atoms with Gasteiger partial charge < -0.3 is 14.8 Å². The Bertz CT molecular complexity index is 1030. The van der Waals surface area contributed by atoms with E-state index < -0.39 is 0 Å². The molecule has 1 N–H and O–H groups in total. The number of fused-ring (bicyclic) bond motifs is 1. The zero-order valence-electron chi connectivity index (χ0n) is 18.9. The van der Waals surface area contributed by atoms with Crippen molar-refractivity contribution < 1.29 is 14.3 Å². The van der Waals surface area contributed by atoms with Crippen molar-refractivity contribution in [1.82, 2.24) is 10.2 Å². The van der Waals surface area contributed by atoms with E-state index in [0.29, 0.717) is 5.56 Å². The van der Waals surface area contributed by atoms with Crippen molar-refractivity contribution in [3.63, 3.8) is 0 Å². The molecule has 0 saturated carbocycles. The summed E-state index contributed by atoms with van der Waals surface area (Å²) in [5.74, 6) is -0.298. The fraction of sp³-hybridized carbons (Fsp3) is 0.370. The van der Waals surface area contributed by atoms with Crippen LogP contribution in [0.15, 0.2) is 66.7 Å². The van der Waals surface area contributed by atoms with Crippen LogP contribution in [0.25, 0.3) is 10.8 Å². The fourth-order valence-corrected chi connectivity index (χ4v) is 4.42. The Kier molecular flexibility index (Phi) is 7.53. The van der Waals surface area contributed by atoms with Gasteiger partial charge in [-0.1, -0.05) is 54.6 Å². The van der Waals surface area contributed by atoms with E-state index in [0.717, 1.165) is 39.2 Å². The molecule has 4 rings (SSSR count). The number of nitrogens with zero attached hydrogens (tertiary/aromatic N) is 1. The molecule has 0 aliphatic carbocycles. The van der Waals surface area contributed by atoms with Gasteiger partial charge >= 0.3 is 5.97 Å². The standard InChI is InChI=1S/C27H32N2O3/c1-20(25-9-5-7-22-6-3-4-8-26(22)25)28-15-14-24-19-29(16-17-32-24)18-21-10-12-23(13-11-21)27(30)31-2/h3-13,20,24,28H,14-19H2,1-2H3/t20-,24?/m1/s1. The maximum Gasteiger partial charge on any atom is 0.337 e. The minimum absolute atomic E-state index is 0.227. The van der Waals surface area contributed by atoms with Gasteiger partial charge in [0.2, 0.25) is 0 Å². The normalized spacial score (nSPS) is 17.9. The Balaban J connectivity index is 1.26. The van der Waals surface area contributed by atoms with E-state index >= 15 is 0 Å². The minimum atomic E-state index is -0.298. The predicted molar refractivity (Wildman–Crippen MR) is 128 cm³/mol. The number of benzene rings is 3. The number of hydrogen-bond donors (Lipinski definition) is 1. The second kappa shape index (κ2) is 10.7. The second-order valence-electron chi connectivity index (χ2n) is 8.45. The second-order valence-corrected chi connectivity index (χ2v) is 8.45. The lowest BCUT2D eigenvalue weighted by Crippen LogP contribution is -2.43. The smallest absolute Gasteiger partial charge is 0.337 e. The molecule has 168 valence electrons. The average Bonchev–Trinajstić information content (AvgIpc) is 2.84. The highest BCUT2D eigenvalue weighted by Gasteiger charge is 2.21. The number of methoxy groups -OCH3 is 1. The van der Waals surface area contributed by atoms with Gasteiger partial charge in [-0.2, -0.15) is 0 Å². The third-order valence-electron chi connectivity index (χ3n) is 6.21. The Morgan fingerprint density at radius 1 is 1.12 bits per heavy atom. The highest BCUT2D eigenvalue weighted by atomic mass is 16.5. The molecule has 1 heterocycles. The third kappa shape index (κ3) is 5.54. The highest BCUT2D eigenvalue weighted by Crippen LogP contribution is 2.24. The zero-order valence-corrected chi connectivity index (χ0v) is 18.9. The Morgan fingerprint density at radius 2 is 1.91 bits per heavy atom. The molecule has 3 aromatic rings. The third-order valence-corrected chi connectivity index (χ3v) is 6.21. The summed E-state index contributed by atoms with van der Waals surface area (Å²) in [5, 5.41) is 6.28. The number of rotatable bonds is 8. The summed E-state index contributed by atoms with van der Waals surface area (Å²) in [4.78, 5) is 14.0. The van der Waals surface area contributed by atoms with Gasteiger partial charge in [-0.25, -0.2) is 4.79 Å². The molecule has 1 fully saturated rings. The first kappa shape index (κ1) is 22.5. The molecule has 0 radical (unpaired) electrons. The molecular weight excluding hydrogens is 400 g/mol. The predicted octanol–water partition coefficient (Wildman–Crippen LogP) is 4.57. The Hall–Kier alpha value is -2.73. The first-order chi connectivity index (χ1) is 15.6. The Morgan fingerprint density at radius 3 is 2.72 bits per heavy atom. The van der Waals surface area contributed by atoms with Gasteiger partial charge in [-0.05, 0) is 53.9 Å². The summed E-state index contributed by atoms with van der Waals surface area (Å²) in [5.41, 5.74) is 3.12. The number of morpholine rings is 1. The quantitative estimate of drug-likeness (QED) is 0.529. The molecule has 2 atom stereocenters. The lowest BCUT2D eigenvalue weighted by atomic mass is 9.99. The van der Waals surface area contributed by atoms with E-state index in [-0.39, 0.29) is 18.1 Å². The molecule has 1 aliphatic rings. The number of hydrogen-bond acceptors (Lipinski definition) is 5. The SMILES string of the molecule is COC(=O)c1ccc(CN2CCOC(CCN[C@H](C)c3cccc4ccccc34)C2)cc1. The van der Waals surface area contributed by atoms with Gasteiger partial charge in [0.15, 0.2) is 0 Å². The first-order valence-corrected chi connectivity index (χ1v) is 11.4. The van der Waals surface area contributed by atoms with Crippen LogP contribution in [-0.2, 0) is 16.0 Å². The topological polar surface area (TPSA) is 50.8 Å². The van der Waals surface area contributed by atoms with Crippen LogP contribution in [0.5, 0.6) is 0 Å². The van der Waals surface area contributed by atoms with E-state index in [1.165, 1.54) is 29.0 Å². The highest BCUT2D eigenvalue weighted by molar-refractivity contribution is 5.89. The molecule has 1 aliphatic heterocycles. The summed E-state index contributed by atoms with van der Waals surface area (Å²) in [6, 6.07) is 23.0. The van der Waals surface area contributed by atoms with E-state index in [1.54, 1.807) is 0 Å². The molecule has 1 saturated heterocycles. The summed E-state index contributed by atoms with van der Waals surface area (Å²) >= 11 is 0. The molecule has 0 amide bonds. The van der Waals surface area contributed by atoms with Crippen LogP contribution >= 0.6 is 0 Å².